The smallest absolute Gasteiger partial charge is 0.338 e. The van der Waals surface area contributed by atoms with Crippen molar-refractivity contribution in [1.29, 1.82) is 0 Å². The van der Waals surface area contributed by atoms with Gasteiger partial charge in [-0.3, -0.25) is 9.69 Å². The lowest BCUT2D eigenvalue weighted by Gasteiger charge is -2.36. The van der Waals surface area contributed by atoms with Crippen LogP contribution in [0.1, 0.15) is 39.9 Å². The van der Waals surface area contributed by atoms with Crippen LogP contribution in [0.15, 0.2) is 48.8 Å². The number of rotatable bonds is 6. The fourth-order valence-electron chi connectivity index (χ4n) is 4.46. The lowest BCUT2D eigenvalue weighted by Crippen LogP contribution is -2.49. The summed E-state index contributed by atoms with van der Waals surface area (Å²) in [6.07, 6.45) is 1.93. The summed E-state index contributed by atoms with van der Waals surface area (Å²) in [6, 6.07) is 13.7. The average molecular weight is 447 g/mol. The molecule has 33 heavy (non-hydrogen) atoms. The molecule has 2 aliphatic heterocycles. The standard InChI is InChI=1S/C24H26N6O3/c1-17(19-4-7-22-20(13-19)15-33-24(22)32)14-28-8-10-29(11-9-28)23(31)12-18-2-5-21(6-3-18)30-16-25-26-27-30/h2-7,13,16-17H,8-12,14-15H2,1H3. The molecule has 1 atom stereocenters. The van der Waals surface area contributed by atoms with E-state index < -0.39 is 0 Å². The first-order valence-corrected chi connectivity index (χ1v) is 11.2. The first-order valence-electron chi connectivity index (χ1n) is 11.2. The van der Waals surface area contributed by atoms with Gasteiger partial charge < -0.3 is 9.64 Å². The molecule has 3 heterocycles. The van der Waals surface area contributed by atoms with Gasteiger partial charge in [-0.15, -0.1) is 5.10 Å². The number of hydrogen-bond acceptors (Lipinski definition) is 7. The molecule has 5 rings (SSSR count). The number of cyclic esters (lactones) is 1. The third kappa shape index (κ3) is 4.63. The van der Waals surface area contributed by atoms with Gasteiger partial charge in [0.2, 0.25) is 5.91 Å². The minimum atomic E-state index is -0.228. The van der Waals surface area contributed by atoms with Crippen molar-refractivity contribution in [3.8, 4) is 5.69 Å². The summed E-state index contributed by atoms with van der Waals surface area (Å²) in [4.78, 5) is 28.8. The molecule has 1 fully saturated rings. The molecule has 1 saturated heterocycles. The summed E-state index contributed by atoms with van der Waals surface area (Å²) >= 11 is 0. The molecular formula is C24H26N6O3. The number of amides is 1. The van der Waals surface area contributed by atoms with Gasteiger partial charge in [0.05, 0.1) is 17.7 Å². The van der Waals surface area contributed by atoms with Crippen LogP contribution in [0.3, 0.4) is 0 Å². The summed E-state index contributed by atoms with van der Waals surface area (Å²) in [5.41, 5.74) is 4.72. The maximum atomic E-state index is 12.8. The van der Waals surface area contributed by atoms with Gasteiger partial charge in [-0.2, -0.15) is 0 Å². The molecule has 0 aliphatic carbocycles. The average Bonchev–Trinajstić information content (AvgIpc) is 3.50. The predicted octanol–water partition coefficient (Wildman–Crippen LogP) is 1.82. The van der Waals surface area contributed by atoms with E-state index in [2.05, 4.69) is 33.4 Å². The molecule has 1 unspecified atom stereocenters. The van der Waals surface area contributed by atoms with Gasteiger partial charge in [0, 0.05) is 38.3 Å². The second-order valence-corrected chi connectivity index (χ2v) is 8.67. The van der Waals surface area contributed by atoms with Crippen LogP contribution in [0.2, 0.25) is 0 Å². The van der Waals surface area contributed by atoms with Crippen LogP contribution in [0.25, 0.3) is 5.69 Å². The van der Waals surface area contributed by atoms with Crippen LogP contribution < -0.4 is 0 Å². The molecule has 2 aromatic carbocycles. The van der Waals surface area contributed by atoms with E-state index in [9.17, 15) is 9.59 Å². The number of esters is 1. The van der Waals surface area contributed by atoms with Crippen molar-refractivity contribution in [2.45, 2.75) is 25.9 Å². The summed E-state index contributed by atoms with van der Waals surface area (Å²) in [6.45, 7) is 6.70. The zero-order valence-corrected chi connectivity index (χ0v) is 18.6. The molecule has 0 N–H and O–H groups in total. The highest BCUT2D eigenvalue weighted by Gasteiger charge is 2.25. The van der Waals surface area contributed by atoms with E-state index in [0.717, 1.165) is 49.5 Å². The van der Waals surface area contributed by atoms with E-state index in [4.69, 9.17) is 4.74 Å². The van der Waals surface area contributed by atoms with Crippen molar-refractivity contribution < 1.29 is 14.3 Å². The molecule has 2 aliphatic rings. The normalized spacial score (nSPS) is 17.0. The number of fused-ring (bicyclic) bond motifs is 1. The van der Waals surface area contributed by atoms with Gasteiger partial charge in [0.15, 0.2) is 0 Å². The fraction of sp³-hybridized carbons (Fsp3) is 0.375. The number of tetrazole rings is 1. The summed E-state index contributed by atoms with van der Waals surface area (Å²) in [5.74, 6) is 0.265. The second-order valence-electron chi connectivity index (χ2n) is 8.67. The number of hydrogen-bond donors (Lipinski definition) is 0. The molecule has 0 radical (unpaired) electrons. The quantitative estimate of drug-likeness (QED) is 0.533. The Morgan fingerprint density at radius 2 is 1.88 bits per heavy atom. The van der Waals surface area contributed by atoms with Crippen LogP contribution in [-0.2, 0) is 22.6 Å². The molecule has 1 aromatic heterocycles. The minimum absolute atomic E-state index is 0.154. The summed E-state index contributed by atoms with van der Waals surface area (Å²) in [7, 11) is 0. The maximum Gasteiger partial charge on any atom is 0.338 e. The van der Waals surface area contributed by atoms with Crippen molar-refractivity contribution in [2.75, 3.05) is 32.7 Å². The van der Waals surface area contributed by atoms with E-state index >= 15 is 0 Å². The summed E-state index contributed by atoms with van der Waals surface area (Å²) < 4.78 is 6.70. The van der Waals surface area contributed by atoms with Gasteiger partial charge in [0.25, 0.3) is 0 Å². The van der Waals surface area contributed by atoms with E-state index in [-0.39, 0.29) is 11.9 Å². The van der Waals surface area contributed by atoms with E-state index in [0.29, 0.717) is 24.5 Å². The molecule has 0 saturated carbocycles. The Morgan fingerprint density at radius 3 is 2.61 bits per heavy atom. The number of piperazine rings is 1. The first-order chi connectivity index (χ1) is 16.1. The van der Waals surface area contributed by atoms with Crippen LogP contribution >= 0.6 is 0 Å². The van der Waals surface area contributed by atoms with E-state index in [1.165, 1.54) is 5.56 Å². The van der Waals surface area contributed by atoms with E-state index in [1.807, 2.05) is 41.3 Å². The van der Waals surface area contributed by atoms with Gasteiger partial charge in [0.1, 0.15) is 12.9 Å². The van der Waals surface area contributed by atoms with Crippen LogP contribution in [0.4, 0.5) is 0 Å². The molecule has 1 amide bonds. The fourth-order valence-corrected chi connectivity index (χ4v) is 4.46. The lowest BCUT2D eigenvalue weighted by molar-refractivity contribution is -0.132. The zero-order chi connectivity index (χ0) is 22.8. The van der Waals surface area contributed by atoms with Crippen LogP contribution in [0.5, 0.6) is 0 Å². The van der Waals surface area contributed by atoms with E-state index in [1.54, 1.807) is 11.0 Å². The lowest BCUT2D eigenvalue weighted by atomic mass is 9.96. The van der Waals surface area contributed by atoms with Gasteiger partial charge >= 0.3 is 5.97 Å². The first kappa shape index (κ1) is 21.3. The van der Waals surface area contributed by atoms with Gasteiger partial charge in [-0.05, 0) is 45.7 Å². The molecule has 170 valence electrons. The highest BCUT2D eigenvalue weighted by Crippen LogP contribution is 2.25. The monoisotopic (exact) mass is 446 g/mol. The Balaban J connectivity index is 1.11. The number of ether oxygens (including phenoxy) is 1. The van der Waals surface area contributed by atoms with Crippen LogP contribution in [-0.4, -0.2) is 74.6 Å². The largest absolute Gasteiger partial charge is 0.457 e. The molecule has 9 heteroatoms. The van der Waals surface area contributed by atoms with Crippen molar-refractivity contribution in [3.05, 3.63) is 71.0 Å². The maximum absolute atomic E-state index is 12.8. The molecule has 0 spiro atoms. The topological polar surface area (TPSA) is 93.5 Å². The highest BCUT2D eigenvalue weighted by atomic mass is 16.5. The number of benzene rings is 2. The second kappa shape index (κ2) is 9.11. The number of carbonyl (C=O) groups excluding carboxylic acids is 2. The predicted molar refractivity (Wildman–Crippen MR) is 120 cm³/mol. The Labute approximate surface area is 191 Å². The third-order valence-electron chi connectivity index (χ3n) is 6.44. The zero-order valence-electron chi connectivity index (χ0n) is 18.6. The molecule has 3 aromatic rings. The van der Waals surface area contributed by atoms with Crippen LogP contribution in [0, 0.1) is 0 Å². The number of nitrogens with zero attached hydrogens (tertiary/aromatic N) is 6. The number of aromatic nitrogens is 4. The van der Waals surface area contributed by atoms with Crippen molar-refractivity contribution in [2.24, 2.45) is 0 Å². The Bertz CT molecular complexity index is 1140. The SMILES string of the molecule is CC(CN1CCN(C(=O)Cc2ccc(-n3cnnn3)cc2)CC1)c1ccc2c(c1)COC2=O. The van der Waals surface area contributed by atoms with Gasteiger partial charge in [-0.1, -0.05) is 31.2 Å². The Kier molecular flexibility index (Phi) is 5.87. The van der Waals surface area contributed by atoms with Crippen molar-refractivity contribution in [3.63, 3.8) is 0 Å². The molecule has 0 bridgehead atoms. The molecule has 9 nitrogen and oxygen atoms in total. The van der Waals surface area contributed by atoms with Gasteiger partial charge in [-0.25, -0.2) is 9.48 Å². The minimum Gasteiger partial charge on any atom is -0.457 e. The highest BCUT2D eigenvalue weighted by molar-refractivity contribution is 5.93. The molecular weight excluding hydrogens is 420 g/mol. The Morgan fingerprint density at radius 1 is 1.09 bits per heavy atom. The summed E-state index contributed by atoms with van der Waals surface area (Å²) in [5, 5.41) is 11.1. The third-order valence-corrected chi connectivity index (χ3v) is 6.44. The Hall–Kier alpha value is -3.59. The number of carbonyl (C=O) groups is 2. The van der Waals surface area contributed by atoms with Crippen molar-refractivity contribution >= 4 is 11.9 Å². The van der Waals surface area contributed by atoms with Crippen molar-refractivity contribution in [1.82, 2.24) is 30.0 Å².